The predicted molar refractivity (Wildman–Crippen MR) is 60.0 cm³/mol. The molecule has 5 heteroatoms. The number of nitrogens with zero attached hydrogens (tertiary/aromatic N) is 1. The van der Waals surface area contributed by atoms with Crippen molar-refractivity contribution in [3.63, 3.8) is 0 Å². The molecular formula is C11H18N2O3. The van der Waals surface area contributed by atoms with Crippen molar-refractivity contribution >= 4 is 11.9 Å². The van der Waals surface area contributed by atoms with E-state index in [2.05, 4.69) is 11.9 Å². The zero-order valence-electron chi connectivity index (χ0n) is 9.53. The predicted octanol–water partition coefficient (Wildman–Crippen LogP) is 0.0852. The van der Waals surface area contributed by atoms with Crippen LogP contribution in [0.3, 0.4) is 0 Å². The molecule has 0 aromatic carbocycles. The third kappa shape index (κ3) is 3.34. The Morgan fingerprint density at radius 2 is 2.25 bits per heavy atom. The third-order valence-electron chi connectivity index (χ3n) is 2.84. The maximum Gasteiger partial charge on any atom is 0.332 e. The highest BCUT2D eigenvalue weighted by atomic mass is 16.4. The number of likely N-dealkylation sites (tertiary alicyclic amines) is 1. The van der Waals surface area contributed by atoms with Crippen molar-refractivity contribution in [2.24, 2.45) is 5.92 Å². The van der Waals surface area contributed by atoms with Crippen LogP contribution >= 0.6 is 0 Å². The van der Waals surface area contributed by atoms with Gasteiger partial charge in [-0.15, -0.1) is 0 Å². The molecule has 0 aromatic heterocycles. The Morgan fingerprint density at radius 1 is 1.56 bits per heavy atom. The van der Waals surface area contributed by atoms with Crippen molar-refractivity contribution in [1.82, 2.24) is 10.2 Å². The van der Waals surface area contributed by atoms with Crippen LogP contribution < -0.4 is 5.32 Å². The third-order valence-corrected chi connectivity index (χ3v) is 2.84. The fraction of sp³-hybridized carbons (Fsp3) is 0.636. The van der Waals surface area contributed by atoms with Gasteiger partial charge in [0.15, 0.2) is 0 Å². The van der Waals surface area contributed by atoms with Gasteiger partial charge in [-0.3, -0.25) is 9.69 Å². The van der Waals surface area contributed by atoms with Crippen LogP contribution in [-0.4, -0.2) is 48.6 Å². The van der Waals surface area contributed by atoms with Gasteiger partial charge in [0.05, 0.1) is 5.92 Å². The number of hydrogen-bond acceptors (Lipinski definition) is 3. The van der Waals surface area contributed by atoms with E-state index in [9.17, 15) is 9.59 Å². The van der Waals surface area contributed by atoms with Crippen LogP contribution in [0.25, 0.3) is 0 Å². The van der Waals surface area contributed by atoms with Gasteiger partial charge in [0, 0.05) is 25.7 Å². The number of nitrogens with one attached hydrogen (secondary N) is 1. The summed E-state index contributed by atoms with van der Waals surface area (Å²) < 4.78 is 0. The normalized spacial score (nSPS) is 21.4. The standard InChI is InChI=1S/C11H18N2O3/c1-8(11(15)16)6-13-5-3-4-9(7-13)10(14)12-2/h9H,1,3-7H2,2H3,(H,12,14)(H,15,16). The van der Waals surface area contributed by atoms with E-state index in [1.54, 1.807) is 7.05 Å². The quantitative estimate of drug-likeness (QED) is 0.666. The van der Waals surface area contributed by atoms with Crippen LogP contribution in [-0.2, 0) is 9.59 Å². The molecule has 1 aliphatic rings. The number of carboxylic acids is 1. The molecule has 0 saturated carbocycles. The number of amides is 1. The van der Waals surface area contributed by atoms with E-state index in [4.69, 9.17) is 5.11 Å². The maximum atomic E-state index is 11.5. The van der Waals surface area contributed by atoms with Crippen LogP contribution in [0.15, 0.2) is 12.2 Å². The lowest BCUT2D eigenvalue weighted by molar-refractivity contribution is -0.132. The monoisotopic (exact) mass is 226 g/mol. The molecular weight excluding hydrogens is 208 g/mol. The second-order valence-electron chi connectivity index (χ2n) is 4.10. The molecule has 1 atom stereocenters. The van der Waals surface area contributed by atoms with Gasteiger partial charge in [-0.2, -0.15) is 0 Å². The van der Waals surface area contributed by atoms with Crippen molar-refractivity contribution in [2.75, 3.05) is 26.7 Å². The molecule has 0 aromatic rings. The van der Waals surface area contributed by atoms with E-state index in [0.717, 1.165) is 19.4 Å². The Labute approximate surface area is 95.1 Å². The summed E-state index contributed by atoms with van der Waals surface area (Å²) in [7, 11) is 1.62. The SMILES string of the molecule is C=C(CN1CCCC(C(=O)NC)C1)C(=O)O. The molecule has 16 heavy (non-hydrogen) atoms. The molecule has 5 nitrogen and oxygen atoms in total. The van der Waals surface area contributed by atoms with Gasteiger partial charge in [0.25, 0.3) is 0 Å². The number of hydrogen-bond donors (Lipinski definition) is 2. The van der Waals surface area contributed by atoms with E-state index >= 15 is 0 Å². The van der Waals surface area contributed by atoms with Crippen molar-refractivity contribution in [3.8, 4) is 0 Å². The second-order valence-corrected chi connectivity index (χ2v) is 4.10. The van der Waals surface area contributed by atoms with E-state index < -0.39 is 5.97 Å². The minimum Gasteiger partial charge on any atom is -0.478 e. The fourth-order valence-electron chi connectivity index (χ4n) is 1.95. The van der Waals surface area contributed by atoms with Gasteiger partial charge in [-0.05, 0) is 19.4 Å². The van der Waals surface area contributed by atoms with Crippen LogP contribution in [0.1, 0.15) is 12.8 Å². The number of piperidine rings is 1. The molecule has 1 rings (SSSR count). The average molecular weight is 226 g/mol. The van der Waals surface area contributed by atoms with E-state index in [0.29, 0.717) is 13.1 Å². The highest BCUT2D eigenvalue weighted by Crippen LogP contribution is 2.17. The van der Waals surface area contributed by atoms with Crippen LogP contribution in [0, 0.1) is 5.92 Å². The lowest BCUT2D eigenvalue weighted by Crippen LogP contribution is -2.43. The molecule has 1 aliphatic heterocycles. The maximum absolute atomic E-state index is 11.5. The van der Waals surface area contributed by atoms with Gasteiger partial charge in [-0.25, -0.2) is 4.79 Å². The lowest BCUT2D eigenvalue weighted by atomic mass is 9.97. The summed E-state index contributed by atoms with van der Waals surface area (Å²) in [5, 5.41) is 11.4. The molecule has 0 bridgehead atoms. The summed E-state index contributed by atoms with van der Waals surface area (Å²) in [5.74, 6) is -0.965. The molecule has 1 fully saturated rings. The summed E-state index contributed by atoms with van der Waals surface area (Å²) in [5.41, 5.74) is 0.178. The lowest BCUT2D eigenvalue weighted by Gasteiger charge is -2.31. The highest BCUT2D eigenvalue weighted by molar-refractivity contribution is 5.86. The number of carboxylic acid groups (broad SMARTS) is 1. The average Bonchev–Trinajstić information content (AvgIpc) is 2.28. The minimum atomic E-state index is -0.970. The molecule has 1 heterocycles. The molecule has 1 saturated heterocycles. The highest BCUT2D eigenvalue weighted by Gasteiger charge is 2.25. The van der Waals surface area contributed by atoms with Crippen molar-refractivity contribution < 1.29 is 14.7 Å². The largest absolute Gasteiger partial charge is 0.478 e. The molecule has 1 amide bonds. The summed E-state index contributed by atoms with van der Waals surface area (Å²) in [6, 6.07) is 0. The molecule has 0 radical (unpaired) electrons. The van der Waals surface area contributed by atoms with Gasteiger partial charge >= 0.3 is 5.97 Å². The molecule has 0 aliphatic carbocycles. The number of rotatable bonds is 4. The molecule has 2 N–H and O–H groups in total. The number of carbonyl (C=O) groups excluding carboxylic acids is 1. The van der Waals surface area contributed by atoms with Crippen molar-refractivity contribution in [1.29, 1.82) is 0 Å². The Kier molecular flexibility index (Phi) is 4.49. The Hall–Kier alpha value is -1.36. The number of carbonyl (C=O) groups is 2. The summed E-state index contributed by atoms with van der Waals surface area (Å²) in [4.78, 5) is 24.1. The first-order valence-electron chi connectivity index (χ1n) is 5.39. The fourth-order valence-corrected chi connectivity index (χ4v) is 1.95. The van der Waals surface area contributed by atoms with Crippen LogP contribution in [0.4, 0.5) is 0 Å². The first kappa shape index (κ1) is 12.7. The Bertz CT molecular complexity index is 302. The minimum absolute atomic E-state index is 0.0275. The first-order valence-corrected chi connectivity index (χ1v) is 5.39. The summed E-state index contributed by atoms with van der Waals surface area (Å²) in [6.45, 7) is 5.28. The van der Waals surface area contributed by atoms with Crippen LogP contribution in [0.5, 0.6) is 0 Å². The molecule has 0 spiro atoms. The van der Waals surface area contributed by atoms with Crippen LogP contribution in [0.2, 0.25) is 0 Å². The zero-order chi connectivity index (χ0) is 12.1. The van der Waals surface area contributed by atoms with Gasteiger partial charge in [0.1, 0.15) is 0 Å². The smallest absolute Gasteiger partial charge is 0.332 e. The van der Waals surface area contributed by atoms with E-state index in [1.807, 2.05) is 4.90 Å². The van der Waals surface area contributed by atoms with Gasteiger partial charge in [0.2, 0.25) is 5.91 Å². The summed E-state index contributed by atoms with van der Waals surface area (Å²) >= 11 is 0. The second kappa shape index (κ2) is 5.65. The topological polar surface area (TPSA) is 69.6 Å². The summed E-state index contributed by atoms with van der Waals surface area (Å²) in [6.07, 6.45) is 1.79. The van der Waals surface area contributed by atoms with Gasteiger partial charge < -0.3 is 10.4 Å². The Balaban J connectivity index is 2.47. The van der Waals surface area contributed by atoms with Gasteiger partial charge in [-0.1, -0.05) is 6.58 Å². The zero-order valence-corrected chi connectivity index (χ0v) is 9.53. The molecule has 1 unspecified atom stereocenters. The first-order chi connectivity index (χ1) is 7.54. The van der Waals surface area contributed by atoms with Crippen molar-refractivity contribution in [2.45, 2.75) is 12.8 Å². The molecule has 90 valence electrons. The van der Waals surface area contributed by atoms with Crippen molar-refractivity contribution in [3.05, 3.63) is 12.2 Å². The number of aliphatic carboxylic acids is 1. The van der Waals surface area contributed by atoms with E-state index in [-0.39, 0.29) is 17.4 Å². The van der Waals surface area contributed by atoms with E-state index in [1.165, 1.54) is 0 Å². The Morgan fingerprint density at radius 3 is 2.81 bits per heavy atom.